The zero-order valence-electron chi connectivity index (χ0n) is 14.3. The first-order chi connectivity index (χ1) is 9.38. The molecule has 0 aliphatic heterocycles. The Morgan fingerprint density at radius 3 is 2.50 bits per heavy atom. The summed E-state index contributed by atoms with van der Waals surface area (Å²) in [7, 11) is 2.13. The second-order valence-corrected chi connectivity index (χ2v) is 7.68. The van der Waals surface area contributed by atoms with Gasteiger partial charge in [-0.2, -0.15) is 0 Å². The normalized spacial score (nSPS) is 28.1. The van der Waals surface area contributed by atoms with Crippen LogP contribution in [0.25, 0.3) is 0 Å². The number of nitrogens with zero attached hydrogens (tertiary/aromatic N) is 1. The fourth-order valence-electron chi connectivity index (χ4n) is 3.51. The molecule has 1 rings (SSSR count). The van der Waals surface area contributed by atoms with Crippen LogP contribution >= 0.6 is 0 Å². The van der Waals surface area contributed by atoms with Gasteiger partial charge in [-0.3, -0.25) is 0 Å². The molecular formula is C17H36N2O. The number of aliphatic hydroxyl groups is 1. The van der Waals surface area contributed by atoms with Gasteiger partial charge in [0, 0.05) is 19.1 Å². The smallest absolute Gasteiger partial charge is 0.0558 e. The van der Waals surface area contributed by atoms with Crippen molar-refractivity contribution in [3.05, 3.63) is 0 Å². The monoisotopic (exact) mass is 284 g/mol. The van der Waals surface area contributed by atoms with Gasteiger partial charge in [0.15, 0.2) is 0 Å². The average molecular weight is 284 g/mol. The van der Waals surface area contributed by atoms with Crippen molar-refractivity contribution in [3.8, 4) is 0 Å². The molecule has 0 heterocycles. The summed E-state index contributed by atoms with van der Waals surface area (Å²) >= 11 is 0. The lowest BCUT2D eigenvalue weighted by Crippen LogP contribution is -2.47. The predicted octanol–water partition coefficient (Wildman–Crippen LogP) is 2.74. The van der Waals surface area contributed by atoms with Crippen LogP contribution in [0.4, 0.5) is 0 Å². The molecule has 120 valence electrons. The van der Waals surface area contributed by atoms with E-state index >= 15 is 0 Å². The van der Waals surface area contributed by atoms with Gasteiger partial charge >= 0.3 is 0 Å². The highest BCUT2D eigenvalue weighted by atomic mass is 16.3. The molecule has 0 spiro atoms. The molecule has 3 unspecified atom stereocenters. The minimum absolute atomic E-state index is 0.263. The summed E-state index contributed by atoms with van der Waals surface area (Å²) in [4.78, 5) is 2.29. The molecule has 0 amide bonds. The van der Waals surface area contributed by atoms with Crippen molar-refractivity contribution in [1.82, 2.24) is 10.2 Å². The van der Waals surface area contributed by atoms with E-state index in [1.165, 1.54) is 25.7 Å². The molecule has 3 nitrogen and oxygen atoms in total. The molecule has 1 aliphatic carbocycles. The lowest BCUT2D eigenvalue weighted by atomic mass is 9.67. The molecule has 2 N–H and O–H groups in total. The van der Waals surface area contributed by atoms with Crippen molar-refractivity contribution >= 4 is 0 Å². The lowest BCUT2D eigenvalue weighted by Gasteiger charge is -2.43. The number of hydrogen-bond donors (Lipinski definition) is 2. The molecule has 0 aromatic heterocycles. The zero-order chi connectivity index (χ0) is 15.2. The molecule has 3 atom stereocenters. The Morgan fingerprint density at radius 1 is 1.25 bits per heavy atom. The van der Waals surface area contributed by atoms with E-state index in [0.29, 0.717) is 11.5 Å². The number of aliphatic hydroxyl groups excluding tert-OH is 1. The Morgan fingerprint density at radius 2 is 1.95 bits per heavy atom. The third kappa shape index (κ3) is 5.71. The van der Waals surface area contributed by atoms with E-state index in [-0.39, 0.29) is 6.61 Å². The maximum Gasteiger partial charge on any atom is 0.0558 e. The third-order valence-electron chi connectivity index (χ3n) is 4.89. The average Bonchev–Trinajstić information content (AvgIpc) is 2.36. The van der Waals surface area contributed by atoms with Crippen LogP contribution in [0, 0.1) is 17.3 Å². The van der Waals surface area contributed by atoms with Crippen LogP contribution < -0.4 is 5.32 Å². The number of rotatable bonds is 7. The summed E-state index contributed by atoms with van der Waals surface area (Å²) in [6.45, 7) is 12.7. The van der Waals surface area contributed by atoms with Crippen molar-refractivity contribution in [2.75, 3.05) is 33.3 Å². The van der Waals surface area contributed by atoms with Crippen LogP contribution in [-0.4, -0.2) is 49.3 Å². The Labute approximate surface area is 126 Å². The molecule has 20 heavy (non-hydrogen) atoms. The van der Waals surface area contributed by atoms with Crippen molar-refractivity contribution in [2.45, 2.75) is 59.4 Å². The van der Waals surface area contributed by atoms with Crippen molar-refractivity contribution in [3.63, 3.8) is 0 Å². The first-order valence-corrected chi connectivity index (χ1v) is 8.41. The van der Waals surface area contributed by atoms with E-state index in [9.17, 15) is 0 Å². The molecule has 1 saturated carbocycles. The quantitative estimate of drug-likeness (QED) is 0.754. The molecule has 0 radical (unpaired) electrons. The van der Waals surface area contributed by atoms with Gasteiger partial charge < -0.3 is 15.3 Å². The highest BCUT2D eigenvalue weighted by Crippen LogP contribution is 2.40. The molecule has 0 bridgehead atoms. The minimum atomic E-state index is 0.263. The molecular weight excluding hydrogens is 248 g/mol. The second kappa shape index (κ2) is 8.35. The van der Waals surface area contributed by atoms with Gasteiger partial charge in [-0.25, -0.2) is 0 Å². The van der Waals surface area contributed by atoms with Crippen LogP contribution in [-0.2, 0) is 0 Å². The molecule has 0 aromatic rings. The van der Waals surface area contributed by atoms with Crippen molar-refractivity contribution < 1.29 is 5.11 Å². The zero-order valence-corrected chi connectivity index (χ0v) is 14.3. The summed E-state index contributed by atoms with van der Waals surface area (Å²) in [5.41, 5.74) is 0.420. The van der Waals surface area contributed by atoms with E-state index < -0.39 is 0 Å². The minimum Gasteiger partial charge on any atom is -0.395 e. The summed E-state index contributed by atoms with van der Waals surface area (Å²) in [6.07, 6.45) is 5.18. The van der Waals surface area contributed by atoms with E-state index in [1.807, 2.05) is 0 Å². The largest absolute Gasteiger partial charge is 0.395 e. The van der Waals surface area contributed by atoms with Crippen LogP contribution in [0.1, 0.15) is 53.4 Å². The van der Waals surface area contributed by atoms with Gasteiger partial charge in [0.25, 0.3) is 0 Å². The van der Waals surface area contributed by atoms with Crippen LogP contribution in [0.2, 0.25) is 0 Å². The fraction of sp³-hybridized carbons (Fsp3) is 1.00. The standard InChI is InChI=1S/C17H36N2O/c1-6-9-18-16-8-7-15(17(2,3)4)12-14(16)13-19(5)10-11-20/h14-16,18,20H,6-13H2,1-5H3. The first kappa shape index (κ1) is 17.9. The molecule has 0 saturated heterocycles. The predicted molar refractivity (Wildman–Crippen MR) is 87.0 cm³/mol. The molecule has 1 aliphatic rings. The number of nitrogens with one attached hydrogen (secondary N) is 1. The number of hydrogen-bond acceptors (Lipinski definition) is 3. The van der Waals surface area contributed by atoms with Gasteiger partial charge in [0.05, 0.1) is 6.61 Å². The maximum atomic E-state index is 9.10. The van der Waals surface area contributed by atoms with E-state index in [0.717, 1.165) is 31.5 Å². The van der Waals surface area contributed by atoms with E-state index in [1.54, 1.807) is 0 Å². The van der Waals surface area contributed by atoms with E-state index in [4.69, 9.17) is 5.11 Å². The van der Waals surface area contributed by atoms with Gasteiger partial charge in [-0.1, -0.05) is 27.7 Å². The highest BCUT2D eigenvalue weighted by Gasteiger charge is 2.35. The van der Waals surface area contributed by atoms with Crippen LogP contribution in [0.5, 0.6) is 0 Å². The SMILES string of the molecule is CCCNC1CCC(C(C)(C)C)CC1CN(C)CCO. The van der Waals surface area contributed by atoms with Crippen LogP contribution in [0.15, 0.2) is 0 Å². The molecule has 3 heteroatoms. The Balaban J connectivity index is 2.62. The van der Waals surface area contributed by atoms with Gasteiger partial charge in [-0.15, -0.1) is 0 Å². The lowest BCUT2D eigenvalue weighted by molar-refractivity contribution is 0.0887. The Hall–Kier alpha value is -0.120. The Kier molecular flexibility index (Phi) is 7.49. The summed E-state index contributed by atoms with van der Waals surface area (Å²) in [5.74, 6) is 1.55. The highest BCUT2D eigenvalue weighted by molar-refractivity contribution is 4.90. The summed E-state index contributed by atoms with van der Waals surface area (Å²) in [5, 5.41) is 12.8. The maximum absolute atomic E-state index is 9.10. The topological polar surface area (TPSA) is 35.5 Å². The van der Waals surface area contributed by atoms with Crippen molar-refractivity contribution in [2.24, 2.45) is 17.3 Å². The summed E-state index contributed by atoms with van der Waals surface area (Å²) < 4.78 is 0. The van der Waals surface area contributed by atoms with Gasteiger partial charge in [0.2, 0.25) is 0 Å². The number of likely N-dealkylation sites (N-methyl/N-ethyl adjacent to an activating group) is 1. The summed E-state index contributed by atoms with van der Waals surface area (Å²) in [6, 6.07) is 0.662. The second-order valence-electron chi connectivity index (χ2n) is 7.68. The fourth-order valence-corrected chi connectivity index (χ4v) is 3.51. The van der Waals surface area contributed by atoms with Crippen molar-refractivity contribution in [1.29, 1.82) is 0 Å². The van der Waals surface area contributed by atoms with E-state index in [2.05, 4.69) is 45.0 Å². The first-order valence-electron chi connectivity index (χ1n) is 8.41. The van der Waals surface area contributed by atoms with Gasteiger partial charge in [0.1, 0.15) is 0 Å². The van der Waals surface area contributed by atoms with Crippen LogP contribution in [0.3, 0.4) is 0 Å². The molecule has 1 fully saturated rings. The van der Waals surface area contributed by atoms with Gasteiger partial charge in [-0.05, 0) is 56.5 Å². The third-order valence-corrected chi connectivity index (χ3v) is 4.89. The molecule has 0 aromatic carbocycles. The Bertz CT molecular complexity index is 262.